The van der Waals surface area contributed by atoms with Crippen molar-refractivity contribution in [2.45, 2.75) is 19.4 Å². The van der Waals surface area contributed by atoms with Gasteiger partial charge in [0.2, 0.25) is 5.15 Å². The molecule has 2 heterocycles. The Labute approximate surface area is 129 Å². The van der Waals surface area contributed by atoms with Gasteiger partial charge in [-0.3, -0.25) is 14.9 Å². The number of carbonyl (C=O) groups excluding carboxylic acids is 1. The summed E-state index contributed by atoms with van der Waals surface area (Å²) in [5.74, 6) is -0.605. The van der Waals surface area contributed by atoms with Gasteiger partial charge in [0, 0.05) is 17.8 Å². The van der Waals surface area contributed by atoms with Gasteiger partial charge in [0.25, 0.3) is 5.91 Å². The number of carbonyl (C=O) groups is 1. The standard InChI is InChI=1S/C12H11ClN4O3S/c1-12(2,11-15-5-6-21-11)16-10(18)7-3-4-14-9(13)8(7)17(19)20/h3-6H,1-2H3,(H,16,18). The highest BCUT2D eigenvalue weighted by molar-refractivity contribution is 7.09. The minimum atomic E-state index is -0.755. The number of aromatic nitrogens is 2. The fourth-order valence-corrected chi connectivity index (χ4v) is 2.67. The molecule has 0 spiro atoms. The predicted molar refractivity (Wildman–Crippen MR) is 78.5 cm³/mol. The van der Waals surface area contributed by atoms with Gasteiger partial charge in [0.05, 0.1) is 10.5 Å². The molecule has 2 aromatic rings. The van der Waals surface area contributed by atoms with Crippen molar-refractivity contribution in [3.05, 3.63) is 49.7 Å². The molecule has 0 bridgehead atoms. The Morgan fingerprint density at radius 1 is 1.43 bits per heavy atom. The van der Waals surface area contributed by atoms with Crippen LogP contribution in [0, 0.1) is 10.1 Å². The average molecular weight is 327 g/mol. The van der Waals surface area contributed by atoms with Gasteiger partial charge in [0.15, 0.2) is 0 Å². The first kappa shape index (κ1) is 15.3. The van der Waals surface area contributed by atoms with E-state index < -0.39 is 22.1 Å². The number of halogens is 1. The van der Waals surface area contributed by atoms with Crippen LogP contribution in [-0.2, 0) is 5.54 Å². The van der Waals surface area contributed by atoms with Crippen LogP contribution in [0.2, 0.25) is 5.15 Å². The number of nitrogens with zero attached hydrogens (tertiary/aromatic N) is 3. The predicted octanol–water partition coefficient (Wildman–Crippen LogP) is 2.76. The molecule has 1 amide bonds. The van der Waals surface area contributed by atoms with E-state index in [2.05, 4.69) is 15.3 Å². The number of hydrogen-bond donors (Lipinski definition) is 1. The summed E-state index contributed by atoms with van der Waals surface area (Å²) in [7, 11) is 0. The number of pyridine rings is 1. The van der Waals surface area contributed by atoms with Gasteiger partial charge < -0.3 is 5.32 Å². The SMILES string of the molecule is CC(C)(NC(=O)c1ccnc(Cl)c1[N+](=O)[O-])c1nccs1. The summed E-state index contributed by atoms with van der Waals surface area (Å²) in [4.78, 5) is 30.4. The van der Waals surface area contributed by atoms with Crippen LogP contribution in [-0.4, -0.2) is 20.8 Å². The van der Waals surface area contributed by atoms with Crippen LogP contribution in [0.5, 0.6) is 0 Å². The Balaban J connectivity index is 2.34. The van der Waals surface area contributed by atoms with E-state index in [1.807, 2.05) is 0 Å². The second-order valence-electron chi connectivity index (χ2n) is 4.67. The maximum Gasteiger partial charge on any atom is 0.319 e. The summed E-state index contributed by atoms with van der Waals surface area (Å²) in [6.07, 6.45) is 2.88. The minimum Gasteiger partial charge on any atom is -0.340 e. The van der Waals surface area contributed by atoms with Crippen molar-refractivity contribution >= 4 is 34.5 Å². The zero-order valence-electron chi connectivity index (χ0n) is 11.2. The molecule has 0 saturated carbocycles. The molecule has 0 aromatic carbocycles. The second kappa shape index (κ2) is 5.74. The third kappa shape index (κ3) is 3.17. The van der Waals surface area contributed by atoms with Crippen molar-refractivity contribution in [1.29, 1.82) is 0 Å². The lowest BCUT2D eigenvalue weighted by Crippen LogP contribution is -2.41. The molecule has 7 nitrogen and oxygen atoms in total. The largest absolute Gasteiger partial charge is 0.340 e. The van der Waals surface area contributed by atoms with Gasteiger partial charge in [-0.15, -0.1) is 11.3 Å². The van der Waals surface area contributed by atoms with E-state index in [0.29, 0.717) is 5.01 Å². The van der Waals surface area contributed by atoms with E-state index in [0.717, 1.165) is 0 Å². The average Bonchev–Trinajstić information content (AvgIpc) is 2.92. The highest BCUT2D eigenvalue weighted by Crippen LogP contribution is 2.28. The minimum absolute atomic E-state index is 0.135. The van der Waals surface area contributed by atoms with E-state index >= 15 is 0 Å². The Morgan fingerprint density at radius 3 is 2.71 bits per heavy atom. The monoisotopic (exact) mass is 326 g/mol. The van der Waals surface area contributed by atoms with Crippen LogP contribution < -0.4 is 5.32 Å². The van der Waals surface area contributed by atoms with Crippen molar-refractivity contribution < 1.29 is 9.72 Å². The number of rotatable bonds is 4. The quantitative estimate of drug-likeness (QED) is 0.529. The van der Waals surface area contributed by atoms with E-state index in [1.165, 1.54) is 23.6 Å². The number of nitro groups is 1. The lowest BCUT2D eigenvalue weighted by molar-refractivity contribution is -0.385. The van der Waals surface area contributed by atoms with Crippen molar-refractivity contribution in [3.8, 4) is 0 Å². The molecule has 110 valence electrons. The number of nitrogens with one attached hydrogen (secondary N) is 1. The Morgan fingerprint density at radius 2 is 2.14 bits per heavy atom. The molecule has 21 heavy (non-hydrogen) atoms. The summed E-state index contributed by atoms with van der Waals surface area (Å²) >= 11 is 7.08. The first-order valence-electron chi connectivity index (χ1n) is 5.84. The number of amides is 1. The van der Waals surface area contributed by atoms with Crippen LogP contribution in [0.15, 0.2) is 23.8 Å². The zero-order chi connectivity index (χ0) is 15.6. The smallest absolute Gasteiger partial charge is 0.319 e. The first-order valence-corrected chi connectivity index (χ1v) is 7.10. The van der Waals surface area contributed by atoms with Gasteiger partial charge in [-0.1, -0.05) is 11.6 Å². The molecule has 0 aliphatic heterocycles. The molecule has 9 heteroatoms. The molecule has 2 aromatic heterocycles. The molecule has 0 aliphatic rings. The summed E-state index contributed by atoms with van der Waals surface area (Å²) in [6, 6.07) is 1.26. The van der Waals surface area contributed by atoms with E-state index in [4.69, 9.17) is 11.6 Å². The normalized spacial score (nSPS) is 11.2. The lowest BCUT2D eigenvalue weighted by Gasteiger charge is -2.23. The summed E-state index contributed by atoms with van der Waals surface area (Å²) in [5.41, 5.74) is -1.40. The molecular formula is C12H11ClN4O3S. The molecule has 0 radical (unpaired) electrons. The van der Waals surface area contributed by atoms with Gasteiger partial charge >= 0.3 is 5.69 Å². The maximum atomic E-state index is 12.3. The summed E-state index contributed by atoms with van der Waals surface area (Å²) in [6.45, 7) is 3.52. The molecule has 0 saturated heterocycles. The third-order valence-corrected chi connectivity index (χ3v) is 4.07. The third-order valence-electron chi connectivity index (χ3n) is 2.70. The molecule has 0 unspecified atom stereocenters. The van der Waals surface area contributed by atoms with Crippen molar-refractivity contribution in [2.24, 2.45) is 0 Å². The van der Waals surface area contributed by atoms with Gasteiger partial charge in [-0.25, -0.2) is 9.97 Å². The Bertz CT molecular complexity index is 688. The fraction of sp³-hybridized carbons (Fsp3) is 0.250. The van der Waals surface area contributed by atoms with Crippen LogP contribution >= 0.6 is 22.9 Å². The topological polar surface area (TPSA) is 98.0 Å². The molecule has 2 rings (SSSR count). The Kier molecular flexibility index (Phi) is 4.19. The number of thiazole rings is 1. The van der Waals surface area contributed by atoms with Gasteiger partial charge in [0.1, 0.15) is 10.6 Å². The molecule has 1 N–H and O–H groups in total. The van der Waals surface area contributed by atoms with E-state index in [-0.39, 0.29) is 10.7 Å². The maximum absolute atomic E-state index is 12.3. The van der Waals surface area contributed by atoms with Gasteiger partial charge in [-0.05, 0) is 19.9 Å². The Hall–Kier alpha value is -2.06. The van der Waals surface area contributed by atoms with E-state index in [1.54, 1.807) is 25.4 Å². The lowest BCUT2D eigenvalue weighted by atomic mass is 10.1. The zero-order valence-corrected chi connectivity index (χ0v) is 12.7. The molecule has 0 aliphatic carbocycles. The number of hydrogen-bond acceptors (Lipinski definition) is 6. The van der Waals surface area contributed by atoms with Crippen LogP contribution in [0.4, 0.5) is 5.69 Å². The van der Waals surface area contributed by atoms with Crippen molar-refractivity contribution in [3.63, 3.8) is 0 Å². The highest BCUT2D eigenvalue weighted by Gasteiger charge is 2.30. The van der Waals surface area contributed by atoms with Crippen LogP contribution in [0.25, 0.3) is 0 Å². The molecular weight excluding hydrogens is 316 g/mol. The van der Waals surface area contributed by atoms with Crippen molar-refractivity contribution in [1.82, 2.24) is 15.3 Å². The van der Waals surface area contributed by atoms with Gasteiger partial charge in [-0.2, -0.15) is 0 Å². The van der Waals surface area contributed by atoms with Crippen LogP contribution in [0.1, 0.15) is 29.2 Å². The summed E-state index contributed by atoms with van der Waals surface area (Å²) < 4.78 is 0. The fourth-order valence-electron chi connectivity index (χ4n) is 1.72. The molecule has 0 atom stereocenters. The van der Waals surface area contributed by atoms with Crippen LogP contribution in [0.3, 0.4) is 0 Å². The van der Waals surface area contributed by atoms with Crippen molar-refractivity contribution in [2.75, 3.05) is 0 Å². The van der Waals surface area contributed by atoms with E-state index in [9.17, 15) is 14.9 Å². The second-order valence-corrected chi connectivity index (χ2v) is 5.92. The summed E-state index contributed by atoms with van der Waals surface area (Å²) in [5, 5.41) is 15.9. The molecule has 0 fully saturated rings. The first-order chi connectivity index (χ1) is 9.83. The highest BCUT2D eigenvalue weighted by atomic mass is 35.5.